The first-order valence-electron chi connectivity index (χ1n) is 11.7. The van der Waals surface area contributed by atoms with E-state index < -0.39 is 0 Å². The second-order valence-electron chi connectivity index (χ2n) is 8.86. The van der Waals surface area contributed by atoms with Crippen molar-refractivity contribution in [1.29, 1.82) is 0 Å². The van der Waals surface area contributed by atoms with Crippen molar-refractivity contribution in [2.45, 2.75) is 39.3 Å². The highest BCUT2D eigenvalue weighted by Gasteiger charge is 2.27. The van der Waals surface area contributed by atoms with Gasteiger partial charge in [-0.05, 0) is 38.8 Å². The van der Waals surface area contributed by atoms with E-state index in [4.69, 9.17) is 4.98 Å². The number of H-pyrrole nitrogens is 1. The molecule has 1 saturated heterocycles. The minimum atomic E-state index is -0.0403. The molecule has 0 amide bonds. The zero-order chi connectivity index (χ0) is 23.4. The number of aryl methyl sites for hydroxylation is 2. The zero-order valence-corrected chi connectivity index (χ0v) is 19.6. The molecular formula is C24H27N9O. The molecule has 10 heteroatoms. The van der Waals surface area contributed by atoms with Crippen LogP contribution in [0.2, 0.25) is 0 Å². The lowest BCUT2D eigenvalue weighted by molar-refractivity contribution is 0.395. The average Bonchev–Trinajstić information content (AvgIpc) is 3.51. The Bertz CT molecular complexity index is 1560. The smallest absolute Gasteiger partial charge is 0.326 e. The molecule has 1 N–H and O–H groups in total. The molecule has 0 bridgehead atoms. The Hall–Kier alpha value is -3.95. The number of piperidine rings is 1. The number of nitrogens with zero attached hydrogens (tertiary/aromatic N) is 8. The second-order valence-corrected chi connectivity index (χ2v) is 8.86. The Balaban J connectivity index is 1.32. The molecule has 5 heterocycles. The van der Waals surface area contributed by atoms with E-state index in [-0.39, 0.29) is 11.7 Å². The van der Waals surface area contributed by atoms with Crippen molar-refractivity contribution < 1.29 is 0 Å². The first kappa shape index (κ1) is 20.6. The van der Waals surface area contributed by atoms with Crippen LogP contribution in [0.4, 0.5) is 5.82 Å². The highest BCUT2D eigenvalue weighted by Crippen LogP contribution is 2.32. The number of imidazole rings is 2. The molecule has 0 radical (unpaired) electrons. The number of anilines is 1. The number of hydrogen-bond donors (Lipinski definition) is 1. The summed E-state index contributed by atoms with van der Waals surface area (Å²) < 4.78 is 5.90. The maximum Gasteiger partial charge on any atom is 0.326 e. The predicted octanol–water partition coefficient (Wildman–Crippen LogP) is 3.04. The molecule has 0 spiro atoms. The van der Waals surface area contributed by atoms with Crippen molar-refractivity contribution in [3.8, 4) is 11.4 Å². The first-order valence-corrected chi connectivity index (χ1v) is 11.7. The van der Waals surface area contributed by atoms with Crippen molar-refractivity contribution in [2.75, 3.05) is 18.0 Å². The van der Waals surface area contributed by atoms with Gasteiger partial charge in [-0.3, -0.25) is 9.25 Å². The molecule has 0 atom stereocenters. The Morgan fingerprint density at radius 1 is 1.15 bits per heavy atom. The van der Waals surface area contributed by atoms with E-state index in [1.807, 2.05) is 51.3 Å². The van der Waals surface area contributed by atoms with Crippen LogP contribution < -0.4 is 10.6 Å². The van der Waals surface area contributed by atoms with Gasteiger partial charge in [0, 0.05) is 38.4 Å². The number of nitrogens with one attached hydrogen (secondary N) is 1. The molecule has 0 saturated carbocycles. The molecule has 34 heavy (non-hydrogen) atoms. The summed E-state index contributed by atoms with van der Waals surface area (Å²) in [6.45, 7) is 6.55. The Morgan fingerprint density at radius 2 is 1.94 bits per heavy atom. The van der Waals surface area contributed by atoms with Crippen LogP contribution in [0, 0.1) is 6.92 Å². The molecule has 4 aromatic heterocycles. The lowest BCUT2D eigenvalue weighted by Gasteiger charge is -2.33. The van der Waals surface area contributed by atoms with E-state index in [1.165, 1.54) is 0 Å². The molecule has 6 rings (SSSR count). The number of hydrogen-bond acceptors (Lipinski definition) is 6. The van der Waals surface area contributed by atoms with E-state index >= 15 is 0 Å². The minimum Gasteiger partial charge on any atom is -0.355 e. The number of fused-ring (bicyclic) bond motifs is 2. The number of benzene rings is 1. The van der Waals surface area contributed by atoms with E-state index in [9.17, 15) is 4.79 Å². The molecule has 5 aromatic rings. The molecule has 1 aromatic carbocycles. The van der Waals surface area contributed by atoms with Crippen molar-refractivity contribution >= 4 is 28.0 Å². The van der Waals surface area contributed by atoms with Crippen LogP contribution in [-0.4, -0.2) is 51.9 Å². The van der Waals surface area contributed by atoms with Gasteiger partial charge in [0.1, 0.15) is 12.2 Å². The Morgan fingerprint density at radius 3 is 2.71 bits per heavy atom. The van der Waals surface area contributed by atoms with E-state index in [0.29, 0.717) is 0 Å². The number of para-hydroxylation sites is 2. The van der Waals surface area contributed by atoms with Crippen LogP contribution in [0.3, 0.4) is 0 Å². The van der Waals surface area contributed by atoms with Gasteiger partial charge >= 0.3 is 5.69 Å². The number of rotatable bonds is 4. The highest BCUT2D eigenvalue weighted by molar-refractivity contribution is 5.87. The topological polar surface area (TPSA) is 102 Å². The van der Waals surface area contributed by atoms with Crippen molar-refractivity contribution in [3.05, 3.63) is 53.0 Å². The average molecular weight is 458 g/mol. The van der Waals surface area contributed by atoms with Gasteiger partial charge in [-0.25, -0.2) is 19.7 Å². The van der Waals surface area contributed by atoms with Crippen LogP contribution in [0.5, 0.6) is 0 Å². The van der Waals surface area contributed by atoms with Gasteiger partial charge in [0.25, 0.3) is 0 Å². The fraction of sp³-hybridized carbons (Fsp3) is 0.375. The second kappa shape index (κ2) is 7.82. The van der Waals surface area contributed by atoms with Crippen LogP contribution in [-0.2, 0) is 13.6 Å². The van der Waals surface area contributed by atoms with E-state index in [1.54, 1.807) is 6.33 Å². The fourth-order valence-corrected chi connectivity index (χ4v) is 5.22. The van der Waals surface area contributed by atoms with E-state index in [0.717, 1.165) is 77.6 Å². The lowest BCUT2D eigenvalue weighted by atomic mass is 10.0. The Labute approximate surface area is 195 Å². The van der Waals surface area contributed by atoms with Crippen molar-refractivity contribution in [3.63, 3.8) is 0 Å². The molecule has 1 fully saturated rings. The monoisotopic (exact) mass is 457 g/mol. The summed E-state index contributed by atoms with van der Waals surface area (Å²) in [5.74, 6) is 1.69. The Kier molecular flexibility index (Phi) is 4.75. The first-order chi connectivity index (χ1) is 16.6. The van der Waals surface area contributed by atoms with Crippen molar-refractivity contribution in [2.24, 2.45) is 7.05 Å². The minimum absolute atomic E-state index is 0.0403. The highest BCUT2D eigenvalue weighted by atomic mass is 16.1. The molecule has 0 aliphatic carbocycles. The van der Waals surface area contributed by atoms with Crippen LogP contribution >= 0.6 is 0 Å². The molecule has 174 valence electrons. The van der Waals surface area contributed by atoms with Gasteiger partial charge in [-0.15, -0.1) is 0 Å². The standard InChI is InChI=1S/C24H27N9O/c1-4-32-15(2)17(13-27-32)21-29-20-22(30(21)3)25-14-26-23(20)31-11-9-16(10-12-31)33-19-8-6-5-7-18(19)28-24(33)34/h5-8,13-14,16H,4,9-12H2,1-3H3,(H,28,34). The number of aromatic amines is 1. The summed E-state index contributed by atoms with van der Waals surface area (Å²) in [6, 6.07) is 8.03. The van der Waals surface area contributed by atoms with Gasteiger partial charge in [0.05, 0.1) is 22.8 Å². The SMILES string of the molecule is CCn1ncc(-c2nc3c(N4CCC(n5c(=O)[nH]c6ccccc65)CC4)ncnc3n2C)c1C. The summed E-state index contributed by atoms with van der Waals surface area (Å²) in [7, 11) is 1.99. The van der Waals surface area contributed by atoms with E-state index in [2.05, 4.69) is 38.8 Å². The third-order valence-electron chi connectivity index (χ3n) is 7.03. The summed E-state index contributed by atoms with van der Waals surface area (Å²) in [6.07, 6.45) is 5.20. The quantitative estimate of drug-likeness (QED) is 0.445. The molecule has 1 aliphatic heterocycles. The third-order valence-corrected chi connectivity index (χ3v) is 7.03. The van der Waals surface area contributed by atoms with Gasteiger partial charge in [-0.1, -0.05) is 12.1 Å². The van der Waals surface area contributed by atoms with Gasteiger partial charge < -0.3 is 14.5 Å². The van der Waals surface area contributed by atoms with Gasteiger partial charge in [0.2, 0.25) is 0 Å². The predicted molar refractivity (Wildman–Crippen MR) is 131 cm³/mol. The van der Waals surface area contributed by atoms with Crippen LogP contribution in [0.25, 0.3) is 33.6 Å². The van der Waals surface area contributed by atoms with Gasteiger partial charge in [-0.2, -0.15) is 5.10 Å². The van der Waals surface area contributed by atoms with Crippen LogP contribution in [0.1, 0.15) is 31.5 Å². The van der Waals surface area contributed by atoms with Gasteiger partial charge in [0.15, 0.2) is 17.0 Å². The molecule has 0 unspecified atom stereocenters. The zero-order valence-electron chi connectivity index (χ0n) is 19.6. The normalized spacial score (nSPS) is 15.1. The largest absolute Gasteiger partial charge is 0.355 e. The molecular weight excluding hydrogens is 430 g/mol. The number of aromatic nitrogens is 8. The summed E-state index contributed by atoms with van der Waals surface area (Å²) >= 11 is 0. The van der Waals surface area contributed by atoms with Crippen LogP contribution in [0.15, 0.2) is 41.6 Å². The lowest BCUT2D eigenvalue weighted by Crippen LogP contribution is -2.37. The maximum atomic E-state index is 12.6. The maximum absolute atomic E-state index is 12.6. The fourth-order valence-electron chi connectivity index (χ4n) is 5.22. The van der Waals surface area contributed by atoms with Crippen molar-refractivity contribution in [1.82, 2.24) is 38.9 Å². The molecule has 1 aliphatic rings. The molecule has 10 nitrogen and oxygen atoms in total. The summed E-state index contributed by atoms with van der Waals surface area (Å²) in [4.78, 5) is 32.0. The third kappa shape index (κ3) is 3.05. The summed E-state index contributed by atoms with van der Waals surface area (Å²) in [5, 5.41) is 4.48. The summed E-state index contributed by atoms with van der Waals surface area (Å²) in [5.41, 5.74) is 5.50.